The first-order valence-electron chi connectivity index (χ1n) is 11.3. The van der Waals surface area contributed by atoms with Crippen LogP contribution in [-0.4, -0.2) is 62.8 Å². The second-order valence-corrected chi connectivity index (χ2v) is 10.4. The van der Waals surface area contributed by atoms with Gasteiger partial charge in [0.2, 0.25) is 15.9 Å². The van der Waals surface area contributed by atoms with Crippen LogP contribution in [0.3, 0.4) is 0 Å². The number of hydrogen-bond acceptors (Lipinski definition) is 6. The van der Waals surface area contributed by atoms with E-state index < -0.39 is 21.3 Å². The van der Waals surface area contributed by atoms with E-state index in [-0.39, 0.29) is 12.5 Å². The SMILES string of the molecule is CN1OC[C@@H](S(=O)(=O)NCCCN2CCCC2=O)[C@H]1c1ccc(OCc2ccccc2)cc1. The van der Waals surface area contributed by atoms with Gasteiger partial charge < -0.3 is 9.64 Å². The van der Waals surface area contributed by atoms with Gasteiger partial charge in [0.05, 0.1) is 12.6 Å². The standard InChI is InChI=1S/C24H31N3O5S/c1-26-24(20-10-12-21(13-11-20)31-17-19-7-3-2-4-8-19)22(18-32-26)33(29,30)25-14-6-16-27-15-5-9-23(27)28/h2-4,7-8,10-13,22,24-25H,5-6,9,14-18H2,1H3/t22-,24-/m1/s1. The van der Waals surface area contributed by atoms with Crippen LogP contribution in [0.15, 0.2) is 54.6 Å². The van der Waals surface area contributed by atoms with E-state index in [1.807, 2.05) is 54.6 Å². The Kier molecular flexibility index (Phi) is 7.64. The van der Waals surface area contributed by atoms with Gasteiger partial charge in [-0.15, -0.1) is 0 Å². The normalized spacial score (nSPS) is 21.6. The van der Waals surface area contributed by atoms with Crippen LogP contribution in [0.25, 0.3) is 0 Å². The van der Waals surface area contributed by atoms with Crippen molar-refractivity contribution >= 4 is 15.9 Å². The lowest BCUT2D eigenvalue weighted by atomic mass is 10.0. The Morgan fingerprint density at radius 2 is 1.88 bits per heavy atom. The van der Waals surface area contributed by atoms with E-state index in [1.165, 1.54) is 0 Å². The third kappa shape index (κ3) is 5.92. The number of ether oxygens (including phenoxy) is 1. The molecule has 2 fully saturated rings. The van der Waals surface area contributed by atoms with Gasteiger partial charge in [-0.2, -0.15) is 5.06 Å². The number of amides is 1. The molecule has 2 atom stereocenters. The third-order valence-electron chi connectivity index (χ3n) is 6.13. The van der Waals surface area contributed by atoms with Gasteiger partial charge in [-0.05, 0) is 36.1 Å². The predicted octanol–water partition coefficient (Wildman–Crippen LogP) is 2.48. The number of rotatable bonds is 10. The number of sulfonamides is 1. The number of carbonyl (C=O) groups excluding carboxylic acids is 1. The molecule has 9 heteroatoms. The first-order chi connectivity index (χ1) is 15.9. The van der Waals surface area contributed by atoms with Gasteiger partial charge in [-0.1, -0.05) is 42.5 Å². The first-order valence-corrected chi connectivity index (χ1v) is 12.9. The lowest BCUT2D eigenvalue weighted by molar-refractivity contribution is -0.127. The van der Waals surface area contributed by atoms with Crippen LogP contribution in [-0.2, 0) is 26.3 Å². The molecule has 0 saturated carbocycles. The molecule has 8 nitrogen and oxygen atoms in total. The van der Waals surface area contributed by atoms with E-state index in [9.17, 15) is 13.2 Å². The number of nitrogens with zero attached hydrogens (tertiary/aromatic N) is 2. The molecule has 178 valence electrons. The van der Waals surface area contributed by atoms with Crippen molar-refractivity contribution in [2.24, 2.45) is 0 Å². The molecule has 2 saturated heterocycles. The summed E-state index contributed by atoms with van der Waals surface area (Å²) in [6.45, 7) is 2.20. The molecule has 4 rings (SSSR count). The molecule has 0 aromatic heterocycles. The Hall–Kier alpha value is -2.46. The lowest BCUT2D eigenvalue weighted by Crippen LogP contribution is -2.40. The number of hydroxylamine groups is 2. The number of hydrogen-bond donors (Lipinski definition) is 1. The molecule has 2 aliphatic rings. The summed E-state index contributed by atoms with van der Waals surface area (Å²) >= 11 is 0. The zero-order chi connectivity index (χ0) is 23.3. The summed E-state index contributed by atoms with van der Waals surface area (Å²) < 4.78 is 34.6. The highest BCUT2D eigenvalue weighted by Gasteiger charge is 2.43. The van der Waals surface area contributed by atoms with Crippen molar-refractivity contribution in [3.05, 3.63) is 65.7 Å². The zero-order valence-corrected chi connectivity index (χ0v) is 19.7. The minimum Gasteiger partial charge on any atom is -0.489 e. The largest absolute Gasteiger partial charge is 0.489 e. The van der Waals surface area contributed by atoms with Gasteiger partial charge in [0, 0.05) is 33.1 Å². The van der Waals surface area contributed by atoms with E-state index in [0.29, 0.717) is 32.5 Å². The smallest absolute Gasteiger partial charge is 0.222 e. The van der Waals surface area contributed by atoms with Gasteiger partial charge in [0.15, 0.2) is 0 Å². The predicted molar refractivity (Wildman–Crippen MR) is 125 cm³/mol. The first kappa shape index (κ1) is 23.7. The van der Waals surface area contributed by atoms with Crippen LogP contribution >= 0.6 is 0 Å². The molecule has 2 aromatic carbocycles. The molecule has 0 bridgehead atoms. The van der Waals surface area contributed by atoms with Crippen LogP contribution in [0.1, 0.15) is 36.4 Å². The summed E-state index contributed by atoms with van der Waals surface area (Å²) in [6, 6.07) is 17.0. The van der Waals surface area contributed by atoms with Crippen LogP contribution in [0.4, 0.5) is 0 Å². The van der Waals surface area contributed by atoms with E-state index in [4.69, 9.17) is 9.57 Å². The van der Waals surface area contributed by atoms with Crippen LogP contribution in [0.2, 0.25) is 0 Å². The molecule has 2 heterocycles. The van der Waals surface area contributed by atoms with E-state index in [0.717, 1.165) is 29.8 Å². The number of carbonyl (C=O) groups is 1. The highest BCUT2D eigenvalue weighted by atomic mass is 32.2. The molecule has 0 spiro atoms. The highest BCUT2D eigenvalue weighted by Crippen LogP contribution is 2.34. The van der Waals surface area contributed by atoms with Crippen molar-refractivity contribution < 1.29 is 22.8 Å². The Morgan fingerprint density at radius 1 is 1.12 bits per heavy atom. The molecule has 2 aliphatic heterocycles. The molecular weight excluding hydrogens is 442 g/mol. The van der Waals surface area contributed by atoms with Crippen molar-refractivity contribution in [2.75, 3.05) is 33.3 Å². The molecule has 1 N–H and O–H groups in total. The summed E-state index contributed by atoms with van der Waals surface area (Å²) in [4.78, 5) is 19.1. The monoisotopic (exact) mass is 473 g/mol. The minimum absolute atomic E-state index is 0.0906. The van der Waals surface area contributed by atoms with Crippen LogP contribution in [0.5, 0.6) is 5.75 Å². The van der Waals surface area contributed by atoms with Crippen LogP contribution < -0.4 is 9.46 Å². The summed E-state index contributed by atoms with van der Waals surface area (Å²) in [5.41, 5.74) is 1.93. The summed E-state index contributed by atoms with van der Waals surface area (Å²) in [6.07, 6.45) is 2.07. The van der Waals surface area contributed by atoms with E-state index in [2.05, 4.69) is 4.72 Å². The van der Waals surface area contributed by atoms with Crippen molar-refractivity contribution in [1.82, 2.24) is 14.7 Å². The second-order valence-electron chi connectivity index (χ2n) is 8.45. The Labute approximate surface area is 195 Å². The average molecular weight is 474 g/mol. The topological polar surface area (TPSA) is 88.2 Å². The fourth-order valence-electron chi connectivity index (χ4n) is 4.31. The van der Waals surface area contributed by atoms with E-state index in [1.54, 1.807) is 17.0 Å². The maximum Gasteiger partial charge on any atom is 0.222 e. The van der Waals surface area contributed by atoms with Gasteiger partial charge >= 0.3 is 0 Å². The molecule has 0 aliphatic carbocycles. The molecule has 2 aromatic rings. The Morgan fingerprint density at radius 3 is 2.58 bits per heavy atom. The maximum atomic E-state index is 13.0. The average Bonchev–Trinajstić information content (AvgIpc) is 3.42. The summed E-state index contributed by atoms with van der Waals surface area (Å²) in [5, 5.41) is 0.874. The fraction of sp³-hybridized carbons (Fsp3) is 0.458. The van der Waals surface area contributed by atoms with Gasteiger partial charge in [0.1, 0.15) is 17.6 Å². The molecule has 0 radical (unpaired) electrons. The fourth-order valence-corrected chi connectivity index (χ4v) is 5.87. The van der Waals surface area contributed by atoms with Crippen molar-refractivity contribution in [3.63, 3.8) is 0 Å². The quantitative estimate of drug-likeness (QED) is 0.534. The maximum absolute atomic E-state index is 13.0. The number of likely N-dealkylation sites (tertiary alicyclic amines) is 1. The summed E-state index contributed by atoms with van der Waals surface area (Å²) in [7, 11) is -1.86. The summed E-state index contributed by atoms with van der Waals surface area (Å²) in [5.74, 6) is 0.873. The van der Waals surface area contributed by atoms with Gasteiger partial charge in [0.25, 0.3) is 0 Å². The molecule has 0 unspecified atom stereocenters. The van der Waals surface area contributed by atoms with Crippen molar-refractivity contribution in [1.29, 1.82) is 0 Å². The molecule has 1 amide bonds. The number of benzene rings is 2. The van der Waals surface area contributed by atoms with Crippen molar-refractivity contribution in [2.45, 2.75) is 37.2 Å². The van der Waals surface area contributed by atoms with Gasteiger partial charge in [-0.25, -0.2) is 13.1 Å². The molecule has 33 heavy (non-hydrogen) atoms. The van der Waals surface area contributed by atoms with Crippen LogP contribution in [0, 0.1) is 0 Å². The zero-order valence-electron chi connectivity index (χ0n) is 18.9. The van der Waals surface area contributed by atoms with E-state index >= 15 is 0 Å². The Bertz CT molecular complexity index is 1030. The van der Waals surface area contributed by atoms with Gasteiger partial charge in [-0.3, -0.25) is 9.63 Å². The van der Waals surface area contributed by atoms with Crippen molar-refractivity contribution in [3.8, 4) is 5.75 Å². The molecular formula is C24H31N3O5S. The number of nitrogens with one attached hydrogen (secondary N) is 1. The minimum atomic E-state index is -3.61. The third-order valence-corrected chi connectivity index (χ3v) is 7.93. The Balaban J connectivity index is 1.34. The second kappa shape index (κ2) is 10.6. The lowest BCUT2D eigenvalue weighted by Gasteiger charge is -2.23. The highest BCUT2D eigenvalue weighted by molar-refractivity contribution is 7.90.